The van der Waals surface area contributed by atoms with E-state index in [2.05, 4.69) is 16.7 Å². The summed E-state index contributed by atoms with van der Waals surface area (Å²) in [6, 6.07) is 0. The number of hydrogen-bond acceptors (Lipinski definition) is 2. The largest absolute Gasteiger partial charge is 0.303 e. The Labute approximate surface area is 106 Å². The molecule has 1 aliphatic rings. The van der Waals surface area contributed by atoms with Gasteiger partial charge in [-0.3, -0.25) is 4.79 Å². The van der Waals surface area contributed by atoms with Crippen LogP contribution < -0.4 is 0 Å². The monoisotopic (exact) mass is 235 g/mol. The molecule has 1 saturated heterocycles. The average Bonchev–Trinajstić information content (AvgIpc) is 2.35. The number of Topliss-reactive ketones (excluding diaryl/α,β-unsaturated/α-hetero) is 1. The molecule has 1 aliphatic heterocycles. The van der Waals surface area contributed by atoms with E-state index in [1.54, 1.807) is 6.92 Å². The molecule has 0 aliphatic carbocycles. The standard InChI is InChI=1S/C15H25NO/c1-2-10-15(17)11-6-3-4-7-12-16-13-8-5-9-14-16/h3-9,11-14H2,1H3. The van der Waals surface area contributed by atoms with Crippen molar-refractivity contribution in [2.75, 3.05) is 19.6 Å². The predicted octanol–water partition coefficient (Wildman–Crippen LogP) is 3.02. The highest BCUT2D eigenvalue weighted by atomic mass is 16.1. The summed E-state index contributed by atoms with van der Waals surface area (Å²) < 4.78 is 0. The molecule has 1 heterocycles. The lowest BCUT2D eigenvalue weighted by Crippen LogP contribution is -2.30. The van der Waals surface area contributed by atoms with E-state index in [1.165, 1.54) is 58.2 Å². The molecule has 0 bridgehead atoms. The molecule has 0 N–H and O–H groups in total. The third-order valence-corrected chi connectivity index (χ3v) is 3.34. The molecule has 0 atom stereocenters. The number of ketones is 1. The summed E-state index contributed by atoms with van der Waals surface area (Å²) in [4.78, 5) is 13.7. The van der Waals surface area contributed by atoms with Crippen LogP contribution in [-0.2, 0) is 4.79 Å². The number of hydrogen-bond donors (Lipinski definition) is 0. The molecular formula is C15H25NO. The molecule has 2 nitrogen and oxygen atoms in total. The van der Waals surface area contributed by atoms with Gasteiger partial charge in [0.15, 0.2) is 0 Å². The highest BCUT2D eigenvalue weighted by molar-refractivity contribution is 5.95. The van der Waals surface area contributed by atoms with E-state index in [4.69, 9.17) is 0 Å². The van der Waals surface area contributed by atoms with Crippen LogP contribution in [0.25, 0.3) is 0 Å². The third kappa shape index (κ3) is 7.18. The van der Waals surface area contributed by atoms with Crippen molar-refractivity contribution in [1.82, 2.24) is 4.90 Å². The van der Waals surface area contributed by atoms with Crippen molar-refractivity contribution in [3.8, 4) is 11.8 Å². The first-order chi connectivity index (χ1) is 8.33. The van der Waals surface area contributed by atoms with Crippen LogP contribution in [0.1, 0.15) is 58.3 Å². The van der Waals surface area contributed by atoms with Gasteiger partial charge in [-0.2, -0.15) is 0 Å². The molecule has 0 spiro atoms. The van der Waals surface area contributed by atoms with E-state index in [-0.39, 0.29) is 5.78 Å². The lowest BCUT2D eigenvalue weighted by Gasteiger charge is -2.26. The molecule has 0 aromatic heterocycles. The SMILES string of the molecule is CC#CC(=O)CCCCCCN1CCCCC1. The normalized spacial score (nSPS) is 16.3. The Morgan fingerprint density at radius 3 is 2.47 bits per heavy atom. The van der Waals surface area contributed by atoms with Crippen LogP contribution in [0, 0.1) is 11.8 Å². The second kappa shape index (κ2) is 9.24. The fraction of sp³-hybridized carbons (Fsp3) is 0.800. The lowest BCUT2D eigenvalue weighted by molar-refractivity contribution is -0.113. The molecule has 17 heavy (non-hydrogen) atoms. The zero-order chi connectivity index (χ0) is 12.3. The van der Waals surface area contributed by atoms with Gasteiger partial charge in [0.05, 0.1) is 0 Å². The number of likely N-dealkylation sites (tertiary alicyclic amines) is 1. The van der Waals surface area contributed by atoms with Gasteiger partial charge in [0.1, 0.15) is 0 Å². The van der Waals surface area contributed by atoms with Crippen molar-refractivity contribution in [3.05, 3.63) is 0 Å². The topological polar surface area (TPSA) is 20.3 Å². The van der Waals surface area contributed by atoms with Crippen LogP contribution in [0.4, 0.5) is 0 Å². The highest BCUT2D eigenvalue weighted by Crippen LogP contribution is 2.10. The van der Waals surface area contributed by atoms with Crippen LogP contribution in [0.15, 0.2) is 0 Å². The summed E-state index contributed by atoms with van der Waals surface area (Å²) in [5.41, 5.74) is 0. The Kier molecular flexibility index (Phi) is 7.75. The summed E-state index contributed by atoms with van der Waals surface area (Å²) in [6.07, 6.45) is 9.53. The first-order valence-corrected chi connectivity index (χ1v) is 7.01. The molecule has 0 saturated carbocycles. The highest BCUT2D eigenvalue weighted by Gasteiger charge is 2.08. The third-order valence-electron chi connectivity index (χ3n) is 3.34. The van der Waals surface area contributed by atoms with Crippen molar-refractivity contribution in [3.63, 3.8) is 0 Å². The van der Waals surface area contributed by atoms with Crippen LogP contribution in [0.2, 0.25) is 0 Å². The van der Waals surface area contributed by atoms with Gasteiger partial charge >= 0.3 is 0 Å². The maximum Gasteiger partial charge on any atom is 0.205 e. The van der Waals surface area contributed by atoms with Gasteiger partial charge in [-0.1, -0.05) is 25.2 Å². The number of carbonyl (C=O) groups excluding carboxylic acids is 1. The van der Waals surface area contributed by atoms with Crippen LogP contribution in [0.5, 0.6) is 0 Å². The Hall–Kier alpha value is -0.810. The van der Waals surface area contributed by atoms with Gasteiger partial charge in [0.2, 0.25) is 5.78 Å². The van der Waals surface area contributed by atoms with Crippen LogP contribution in [0.3, 0.4) is 0 Å². The second-order valence-corrected chi connectivity index (χ2v) is 4.86. The van der Waals surface area contributed by atoms with E-state index in [0.717, 1.165) is 6.42 Å². The van der Waals surface area contributed by atoms with E-state index < -0.39 is 0 Å². The minimum atomic E-state index is 0.100. The van der Waals surface area contributed by atoms with E-state index in [9.17, 15) is 4.79 Å². The minimum Gasteiger partial charge on any atom is -0.303 e. The predicted molar refractivity (Wildman–Crippen MR) is 71.8 cm³/mol. The Morgan fingerprint density at radius 2 is 1.76 bits per heavy atom. The number of rotatable bonds is 7. The quantitative estimate of drug-likeness (QED) is 0.384. The summed E-state index contributed by atoms with van der Waals surface area (Å²) in [5.74, 6) is 5.35. The molecule has 0 aromatic rings. The van der Waals surface area contributed by atoms with Crippen LogP contribution >= 0.6 is 0 Å². The Bertz CT molecular complexity index is 268. The van der Waals surface area contributed by atoms with Crippen molar-refractivity contribution in [1.29, 1.82) is 0 Å². The summed E-state index contributed by atoms with van der Waals surface area (Å²) >= 11 is 0. The van der Waals surface area contributed by atoms with Gasteiger partial charge < -0.3 is 4.90 Å². The van der Waals surface area contributed by atoms with Gasteiger partial charge in [-0.25, -0.2) is 0 Å². The van der Waals surface area contributed by atoms with E-state index >= 15 is 0 Å². The molecule has 0 amide bonds. The van der Waals surface area contributed by atoms with Crippen molar-refractivity contribution >= 4 is 5.78 Å². The molecule has 1 fully saturated rings. The van der Waals surface area contributed by atoms with Crippen molar-refractivity contribution in [2.24, 2.45) is 0 Å². The molecule has 2 heteroatoms. The zero-order valence-corrected chi connectivity index (χ0v) is 11.1. The Balaban J connectivity index is 1.89. The second-order valence-electron chi connectivity index (χ2n) is 4.86. The fourth-order valence-corrected chi connectivity index (χ4v) is 2.36. The van der Waals surface area contributed by atoms with Crippen LogP contribution in [-0.4, -0.2) is 30.3 Å². The summed E-state index contributed by atoms with van der Waals surface area (Å²) in [6.45, 7) is 5.56. The van der Waals surface area contributed by atoms with E-state index in [0.29, 0.717) is 6.42 Å². The first kappa shape index (κ1) is 14.3. The van der Waals surface area contributed by atoms with Gasteiger partial charge in [0, 0.05) is 6.42 Å². The number of nitrogens with zero attached hydrogens (tertiary/aromatic N) is 1. The maximum absolute atomic E-state index is 11.1. The Morgan fingerprint density at radius 1 is 1.06 bits per heavy atom. The number of unbranched alkanes of at least 4 members (excludes halogenated alkanes) is 3. The van der Waals surface area contributed by atoms with Crippen molar-refractivity contribution in [2.45, 2.75) is 58.3 Å². The molecular weight excluding hydrogens is 210 g/mol. The first-order valence-electron chi connectivity index (χ1n) is 7.01. The average molecular weight is 235 g/mol. The molecule has 96 valence electrons. The molecule has 0 unspecified atom stereocenters. The maximum atomic E-state index is 11.1. The number of piperidine rings is 1. The number of carbonyl (C=O) groups is 1. The zero-order valence-electron chi connectivity index (χ0n) is 11.1. The summed E-state index contributed by atoms with van der Waals surface area (Å²) in [5, 5.41) is 0. The lowest BCUT2D eigenvalue weighted by atomic mass is 10.1. The smallest absolute Gasteiger partial charge is 0.205 e. The van der Waals surface area contributed by atoms with Crippen molar-refractivity contribution < 1.29 is 4.79 Å². The van der Waals surface area contributed by atoms with E-state index in [1.807, 2.05) is 0 Å². The molecule has 0 radical (unpaired) electrons. The van der Waals surface area contributed by atoms with Gasteiger partial charge in [-0.15, -0.1) is 0 Å². The fourth-order valence-electron chi connectivity index (χ4n) is 2.36. The molecule has 0 aromatic carbocycles. The van der Waals surface area contributed by atoms with Gasteiger partial charge in [-0.05, 0) is 58.2 Å². The van der Waals surface area contributed by atoms with Gasteiger partial charge in [0.25, 0.3) is 0 Å². The summed E-state index contributed by atoms with van der Waals surface area (Å²) in [7, 11) is 0. The molecule has 1 rings (SSSR count). The minimum absolute atomic E-state index is 0.100.